The van der Waals surface area contributed by atoms with Gasteiger partial charge in [-0.15, -0.1) is 0 Å². The third-order valence-electron chi connectivity index (χ3n) is 5.62. The topological polar surface area (TPSA) is 52.0 Å². The zero-order valence-corrected chi connectivity index (χ0v) is 15.9. The third-order valence-corrected chi connectivity index (χ3v) is 5.62. The van der Waals surface area contributed by atoms with Gasteiger partial charge in [0, 0.05) is 16.7 Å². The van der Waals surface area contributed by atoms with Gasteiger partial charge in [-0.1, -0.05) is 60.7 Å². The Labute approximate surface area is 172 Å². The van der Waals surface area contributed by atoms with Crippen LogP contribution in [0.4, 0.5) is 10.3 Å². The first-order valence-corrected chi connectivity index (χ1v) is 9.77. The van der Waals surface area contributed by atoms with E-state index in [0.29, 0.717) is 11.5 Å². The summed E-state index contributed by atoms with van der Waals surface area (Å²) in [5.74, 6) is 1.06. The highest BCUT2D eigenvalue weighted by Gasteiger charge is 2.41. The molecule has 0 bridgehead atoms. The van der Waals surface area contributed by atoms with Crippen molar-refractivity contribution in [3.63, 3.8) is 0 Å². The molecule has 2 aliphatic heterocycles. The molecule has 2 aliphatic rings. The number of benzene rings is 3. The van der Waals surface area contributed by atoms with E-state index in [1.807, 2.05) is 60.7 Å². The molecule has 0 saturated carbocycles. The zero-order valence-electron chi connectivity index (χ0n) is 15.9. The quantitative estimate of drug-likeness (QED) is 0.519. The van der Waals surface area contributed by atoms with Crippen molar-refractivity contribution in [1.29, 1.82) is 0 Å². The Hall–Kier alpha value is -3.93. The molecule has 0 fully saturated rings. The maximum absolute atomic E-state index is 15.0. The SMILES string of the molecule is Fc1ccccc1[C@@H]1C2=C(Nc3ncnn31)c1ccccc1O[C@@H]2c1ccccc1. The summed E-state index contributed by atoms with van der Waals surface area (Å²) in [5.41, 5.74) is 4.24. The Bertz CT molecular complexity index is 1280. The summed E-state index contributed by atoms with van der Waals surface area (Å²) in [7, 11) is 0. The Kier molecular flexibility index (Phi) is 3.71. The molecule has 30 heavy (non-hydrogen) atoms. The van der Waals surface area contributed by atoms with Crippen LogP contribution < -0.4 is 10.1 Å². The number of halogens is 1. The molecule has 4 aromatic rings. The maximum atomic E-state index is 15.0. The van der Waals surface area contributed by atoms with Crippen molar-refractivity contribution < 1.29 is 9.13 Å². The molecule has 0 aliphatic carbocycles. The molecule has 1 N–H and O–H groups in total. The summed E-state index contributed by atoms with van der Waals surface area (Å²) < 4.78 is 23.2. The van der Waals surface area contributed by atoms with Crippen molar-refractivity contribution in [3.05, 3.63) is 113 Å². The van der Waals surface area contributed by atoms with Gasteiger partial charge in [-0.05, 0) is 23.8 Å². The Morgan fingerprint density at radius 2 is 1.67 bits per heavy atom. The van der Waals surface area contributed by atoms with Crippen LogP contribution in [-0.2, 0) is 0 Å². The first-order chi connectivity index (χ1) is 14.8. The van der Waals surface area contributed by atoms with E-state index in [4.69, 9.17) is 4.74 Å². The normalized spacial score (nSPS) is 19.2. The van der Waals surface area contributed by atoms with Gasteiger partial charge in [-0.3, -0.25) is 0 Å². The predicted molar refractivity (Wildman–Crippen MR) is 111 cm³/mol. The average molecular weight is 396 g/mol. The third kappa shape index (κ3) is 2.47. The molecule has 0 spiro atoms. The highest BCUT2D eigenvalue weighted by molar-refractivity contribution is 5.85. The van der Waals surface area contributed by atoms with E-state index >= 15 is 4.39 Å². The maximum Gasteiger partial charge on any atom is 0.226 e. The molecule has 0 saturated heterocycles. The van der Waals surface area contributed by atoms with Crippen LogP contribution in [0.5, 0.6) is 5.75 Å². The molecule has 2 atom stereocenters. The van der Waals surface area contributed by atoms with Crippen molar-refractivity contribution >= 4 is 11.6 Å². The summed E-state index contributed by atoms with van der Waals surface area (Å²) in [4.78, 5) is 4.37. The van der Waals surface area contributed by atoms with Crippen LogP contribution in [0.3, 0.4) is 0 Å². The van der Waals surface area contributed by atoms with Crippen LogP contribution in [-0.4, -0.2) is 14.8 Å². The van der Waals surface area contributed by atoms with Crippen LogP contribution in [0.1, 0.15) is 28.8 Å². The number of nitrogens with zero attached hydrogens (tertiary/aromatic N) is 3. The van der Waals surface area contributed by atoms with E-state index in [-0.39, 0.29) is 5.82 Å². The first kappa shape index (κ1) is 17.0. The van der Waals surface area contributed by atoms with Gasteiger partial charge < -0.3 is 10.1 Å². The van der Waals surface area contributed by atoms with Crippen LogP contribution in [0, 0.1) is 5.82 Å². The minimum absolute atomic E-state index is 0.289. The van der Waals surface area contributed by atoms with Gasteiger partial charge in [0.05, 0.1) is 5.70 Å². The van der Waals surface area contributed by atoms with Crippen LogP contribution in [0.2, 0.25) is 0 Å². The van der Waals surface area contributed by atoms with Crippen LogP contribution in [0.25, 0.3) is 5.70 Å². The van der Waals surface area contributed by atoms with E-state index in [0.717, 1.165) is 28.1 Å². The van der Waals surface area contributed by atoms with E-state index in [1.54, 1.807) is 16.8 Å². The highest BCUT2D eigenvalue weighted by atomic mass is 19.1. The molecule has 146 valence electrons. The fraction of sp³-hybridized carbons (Fsp3) is 0.0833. The minimum Gasteiger partial charge on any atom is -0.480 e. The van der Waals surface area contributed by atoms with Gasteiger partial charge in [-0.25, -0.2) is 9.07 Å². The summed E-state index contributed by atoms with van der Waals surface area (Å²) in [6.45, 7) is 0. The number of nitrogens with one attached hydrogen (secondary N) is 1. The lowest BCUT2D eigenvalue weighted by Gasteiger charge is -2.39. The Morgan fingerprint density at radius 3 is 2.53 bits per heavy atom. The monoisotopic (exact) mass is 396 g/mol. The Morgan fingerprint density at radius 1 is 0.900 bits per heavy atom. The predicted octanol–water partition coefficient (Wildman–Crippen LogP) is 4.98. The molecule has 0 amide bonds. The molecule has 3 heterocycles. The first-order valence-electron chi connectivity index (χ1n) is 9.77. The van der Waals surface area contributed by atoms with E-state index in [9.17, 15) is 0 Å². The van der Waals surface area contributed by atoms with Crippen molar-refractivity contribution in [1.82, 2.24) is 14.8 Å². The number of hydrogen-bond acceptors (Lipinski definition) is 4. The standard InChI is InChI=1S/C24H17FN4O/c25-18-12-6-4-10-16(18)22-20-21(28-24-26-14-27-29(22)24)17-11-5-7-13-19(17)30-23(20)15-8-2-1-3-9-15/h1-14,22-23H,(H,26,27,28)/t22-,23-/m1/s1. The number of fused-ring (bicyclic) bond motifs is 3. The highest BCUT2D eigenvalue weighted by Crippen LogP contribution is 2.50. The smallest absolute Gasteiger partial charge is 0.226 e. The zero-order chi connectivity index (χ0) is 20.1. The number of hydrogen-bond donors (Lipinski definition) is 1. The second-order valence-electron chi connectivity index (χ2n) is 7.31. The number of aromatic nitrogens is 3. The molecule has 5 nitrogen and oxygen atoms in total. The van der Waals surface area contributed by atoms with Crippen LogP contribution >= 0.6 is 0 Å². The molecule has 6 rings (SSSR count). The molecule has 6 heteroatoms. The number of rotatable bonds is 2. The van der Waals surface area contributed by atoms with E-state index < -0.39 is 12.1 Å². The molecule has 3 aromatic carbocycles. The number of anilines is 1. The van der Waals surface area contributed by atoms with E-state index in [1.165, 1.54) is 12.4 Å². The molecule has 0 unspecified atom stereocenters. The lowest BCUT2D eigenvalue weighted by Crippen LogP contribution is -2.32. The van der Waals surface area contributed by atoms with Crippen molar-refractivity contribution in [3.8, 4) is 5.75 Å². The molecular weight excluding hydrogens is 379 g/mol. The van der Waals surface area contributed by atoms with E-state index in [2.05, 4.69) is 15.4 Å². The van der Waals surface area contributed by atoms with Crippen molar-refractivity contribution in [2.24, 2.45) is 0 Å². The lowest BCUT2D eigenvalue weighted by molar-refractivity contribution is 0.222. The fourth-order valence-electron chi connectivity index (χ4n) is 4.32. The second-order valence-corrected chi connectivity index (χ2v) is 7.31. The number of ether oxygens (including phenoxy) is 1. The van der Waals surface area contributed by atoms with Gasteiger partial charge in [0.2, 0.25) is 5.95 Å². The van der Waals surface area contributed by atoms with Gasteiger partial charge in [0.25, 0.3) is 0 Å². The summed E-state index contributed by atoms with van der Waals surface area (Å²) in [5, 5.41) is 7.84. The summed E-state index contributed by atoms with van der Waals surface area (Å²) in [6, 6.07) is 24.2. The van der Waals surface area contributed by atoms with Gasteiger partial charge in [0.15, 0.2) is 0 Å². The number of para-hydroxylation sites is 1. The van der Waals surface area contributed by atoms with Gasteiger partial charge in [-0.2, -0.15) is 10.1 Å². The molecule has 1 aromatic heterocycles. The van der Waals surface area contributed by atoms with Crippen molar-refractivity contribution in [2.45, 2.75) is 12.1 Å². The average Bonchev–Trinajstić information content (AvgIpc) is 3.27. The van der Waals surface area contributed by atoms with Gasteiger partial charge >= 0.3 is 0 Å². The minimum atomic E-state index is -0.487. The van der Waals surface area contributed by atoms with Gasteiger partial charge in [0.1, 0.15) is 30.0 Å². The largest absolute Gasteiger partial charge is 0.480 e. The van der Waals surface area contributed by atoms with Crippen molar-refractivity contribution in [2.75, 3.05) is 5.32 Å². The second kappa shape index (κ2) is 6.56. The summed E-state index contributed by atoms with van der Waals surface area (Å²) >= 11 is 0. The molecular formula is C24H17FN4O. The van der Waals surface area contributed by atoms with Crippen LogP contribution in [0.15, 0.2) is 90.8 Å². The molecule has 0 radical (unpaired) electrons. The Balaban J connectivity index is 1.66. The fourth-order valence-corrected chi connectivity index (χ4v) is 4.32. The summed E-state index contributed by atoms with van der Waals surface area (Å²) in [6.07, 6.45) is 1.09. The lowest BCUT2D eigenvalue weighted by atomic mass is 9.84.